The summed E-state index contributed by atoms with van der Waals surface area (Å²) in [6.07, 6.45) is 6.28. The van der Waals surface area contributed by atoms with Crippen LogP contribution in [-0.2, 0) is 4.43 Å². The summed E-state index contributed by atoms with van der Waals surface area (Å²) >= 11 is 0. The highest BCUT2D eigenvalue weighted by Crippen LogP contribution is 2.36. The highest BCUT2D eigenvalue weighted by atomic mass is 28.4. The SMILES string of the molecule is C=CC(/C=C/c1ccccc1)CO[Si](C)(C)C(C)(C)C. The third kappa shape index (κ3) is 5.10. The van der Waals surface area contributed by atoms with Gasteiger partial charge in [0, 0.05) is 12.5 Å². The van der Waals surface area contributed by atoms with Gasteiger partial charge >= 0.3 is 0 Å². The second-order valence-electron chi connectivity index (χ2n) is 6.74. The maximum absolute atomic E-state index is 6.25. The Hall–Kier alpha value is -1.12. The van der Waals surface area contributed by atoms with E-state index in [1.165, 1.54) is 5.56 Å². The molecule has 1 aromatic carbocycles. The quantitative estimate of drug-likeness (QED) is 0.494. The van der Waals surface area contributed by atoms with Crippen LogP contribution < -0.4 is 0 Å². The summed E-state index contributed by atoms with van der Waals surface area (Å²) in [5.74, 6) is 0.268. The van der Waals surface area contributed by atoms with Crippen LogP contribution >= 0.6 is 0 Å². The highest BCUT2D eigenvalue weighted by molar-refractivity contribution is 6.74. The van der Waals surface area contributed by atoms with Gasteiger partial charge in [0.05, 0.1) is 0 Å². The van der Waals surface area contributed by atoms with Crippen molar-refractivity contribution >= 4 is 14.4 Å². The average molecular weight is 289 g/mol. The van der Waals surface area contributed by atoms with E-state index in [0.29, 0.717) is 0 Å². The molecule has 0 amide bonds. The minimum absolute atomic E-state index is 0.252. The Morgan fingerprint density at radius 3 is 2.30 bits per heavy atom. The summed E-state index contributed by atoms with van der Waals surface area (Å²) in [5, 5.41) is 0.252. The molecule has 20 heavy (non-hydrogen) atoms. The predicted octanol–water partition coefficient (Wildman–Crippen LogP) is 5.52. The summed E-state index contributed by atoms with van der Waals surface area (Å²) in [7, 11) is -1.67. The lowest BCUT2D eigenvalue weighted by atomic mass is 10.1. The molecule has 0 bridgehead atoms. The van der Waals surface area contributed by atoms with E-state index < -0.39 is 8.32 Å². The van der Waals surface area contributed by atoms with Gasteiger partial charge < -0.3 is 4.43 Å². The maximum Gasteiger partial charge on any atom is 0.192 e. The second kappa shape index (κ2) is 7.05. The molecule has 0 N–H and O–H groups in total. The molecule has 1 rings (SSSR count). The van der Waals surface area contributed by atoms with E-state index in [2.05, 4.69) is 76.9 Å². The van der Waals surface area contributed by atoms with E-state index >= 15 is 0 Å². The molecule has 0 saturated heterocycles. The van der Waals surface area contributed by atoms with Gasteiger partial charge in [-0.3, -0.25) is 0 Å². The number of hydrogen-bond acceptors (Lipinski definition) is 1. The van der Waals surface area contributed by atoms with Crippen LogP contribution in [-0.4, -0.2) is 14.9 Å². The molecule has 1 atom stereocenters. The monoisotopic (exact) mass is 288 g/mol. The fraction of sp³-hybridized carbons (Fsp3) is 0.444. The highest BCUT2D eigenvalue weighted by Gasteiger charge is 2.37. The van der Waals surface area contributed by atoms with Crippen LogP contribution in [0.2, 0.25) is 18.1 Å². The molecule has 0 aliphatic rings. The van der Waals surface area contributed by atoms with Gasteiger partial charge in [-0.2, -0.15) is 0 Å². The molecule has 0 saturated carbocycles. The third-order valence-electron chi connectivity index (χ3n) is 4.08. The average Bonchev–Trinajstić information content (AvgIpc) is 2.39. The van der Waals surface area contributed by atoms with Crippen molar-refractivity contribution in [2.75, 3.05) is 6.61 Å². The second-order valence-corrected chi connectivity index (χ2v) is 11.5. The summed E-state index contributed by atoms with van der Waals surface area (Å²) in [5.41, 5.74) is 1.21. The van der Waals surface area contributed by atoms with Crippen LogP contribution in [0.4, 0.5) is 0 Å². The number of hydrogen-bond donors (Lipinski definition) is 0. The summed E-state index contributed by atoms with van der Waals surface area (Å²) in [6.45, 7) is 16.0. The van der Waals surface area contributed by atoms with Crippen molar-refractivity contribution < 1.29 is 4.43 Å². The Morgan fingerprint density at radius 1 is 1.20 bits per heavy atom. The lowest BCUT2D eigenvalue weighted by Crippen LogP contribution is -2.41. The molecular formula is C18H28OSi. The molecule has 0 radical (unpaired) electrons. The Balaban J connectivity index is 2.61. The van der Waals surface area contributed by atoms with Crippen molar-refractivity contribution in [3.05, 3.63) is 54.6 Å². The molecule has 0 aliphatic carbocycles. The molecule has 0 spiro atoms. The van der Waals surface area contributed by atoms with Gasteiger partial charge in [-0.05, 0) is 23.7 Å². The lowest BCUT2D eigenvalue weighted by molar-refractivity contribution is 0.270. The van der Waals surface area contributed by atoms with Crippen molar-refractivity contribution in [3.63, 3.8) is 0 Å². The van der Waals surface area contributed by atoms with E-state index in [1.807, 2.05) is 12.1 Å². The van der Waals surface area contributed by atoms with Crippen LogP contribution in [0.15, 0.2) is 49.1 Å². The van der Waals surface area contributed by atoms with Crippen molar-refractivity contribution in [2.45, 2.75) is 38.9 Å². The molecule has 0 heterocycles. The molecule has 1 nitrogen and oxygen atoms in total. The minimum atomic E-state index is -1.67. The molecule has 2 heteroatoms. The first-order chi connectivity index (χ1) is 9.26. The zero-order chi connectivity index (χ0) is 15.2. The van der Waals surface area contributed by atoms with Crippen molar-refractivity contribution in [2.24, 2.45) is 5.92 Å². The van der Waals surface area contributed by atoms with Gasteiger partial charge in [-0.15, -0.1) is 6.58 Å². The molecular weight excluding hydrogens is 260 g/mol. The minimum Gasteiger partial charge on any atom is -0.416 e. The van der Waals surface area contributed by atoms with Gasteiger partial charge in [-0.1, -0.05) is 69.3 Å². The van der Waals surface area contributed by atoms with E-state index in [-0.39, 0.29) is 11.0 Å². The topological polar surface area (TPSA) is 9.23 Å². The zero-order valence-corrected chi connectivity index (χ0v) is 14.5. The van der Waals surface area contributed by atoms with Crippen LogP contribution in [0.25, 0.3) is 6.08 Å². The lowest BCUT2D eigenvalue weighted by Gasteiger charge is -2.36. The number of benzene rings is 1. The summed E-state index contributed by atoms with van der Waals surface area (Å²) < 4.78 is 6.25. The van der Waals surface area contributed by atoms with Gasteiger partial charge in [-0.25, -0.2) is 0 Å². The standard InChI is InChI=1S/C18H28OSi/c1-7-16(13-14-17-11-9-8-10-12-17)15-19-20(5,6)18(2,3)4/h7-14,16H,1,15H2,2-6H3/b14-13+. The van der Waals surface area contributed by atoms with Gasteiger partial charge in [0.25, 0.3) is 0 Å². The summed E-state index contributed by atoms with van der Waals surface area (Å²) in [6, 6.07) is 10.3. The zero-order valence-electron chi connectivity index (χ0n) is 13.5. The summed E-state index contributed by atoms with van der Waals surface area (Å²) in [4.78, 5) is 0. The van der Waals surface area contributed by atoms with Crippen LogP contribution in [0.3, 0.4) is 0 Å². The van der Waals surface area contributed by atoms with E-state index in [4.69, 9.17) is 4.43 Å². The Kier molecular flexibility index (Phi) is 5.97. The van der Waals surface area contributed by atoms with E-state index in [0.717, 1.165) is 6.61 Å². The first-order valence-corrected chi connectivity index (χ1v) is 10.2. The Morgan fingerprint density at radius 2 is 1.80 bits per heavy atom. The Labute approximate surface area is 125 Å². The first-order valence-electron chi connectivity index (χ1n) is 7.26. The third-order valence-corrected chi connectivity index (χ3v) is 8.58. The molecule has 1 aromatic rings. The molecule has 0 aromatic heterocycles. The largest absolute Gasteiger partial charge is 0.416 e. The molecule has 0 fully saturated rings. The molecule has 0 aliphatic heterocycles. The fourth-order valence-corrected chi connectivity index (χ4v) is 2.56. The smallest absolute Gasteiger partial charge is 0.192 e. The first kappa shape index (κ1) is 16.9. The normalized spacial score (nSPS) is 14.4. The molecule has 110 valence electrons. The Bertz CT molecular complexity index is 440. The van der Waals surface area contributed by atoms with Crippen molar-refractivity contribution in [3.8, 4) is 0 Å². The van der Waals surface area contributed by atoms with Gasteiger partial charge in [0.1, 0.15) is 0 Å². The van der Waals surface area contributed by atoms with Crippen LogP contribution in [0.1, 0.15) is 26.3 Å². The van der Waals surface area contributed by atoms with Gasteiger partial charge in [0.15, 0.2) is 8.32 Å². The van der Waals surface area contributed by atoms with E-state index in [9.17, 15) is 0 Å². The van der Waals surface area contributed by atoms with Crippen molar-refractivity contribution in [1.29, 1.82) is 0 Å². The predicted molar refractivity (Wildman–Crippen MR) is 92.3 cm³/mol. The van der Waals surface area contributed by atoms with E-state index in [1.54, 1.807) is 0 Å². The van der Waals surface area contributed by atoms with Crippen LogP contribution in [0, 0.1) is 5.92 Å². The number of rotatable bonds is 6. The molecule has 1 unspecified atom stereocenters. The fourth-order valence-electron chi connectivity index (χ4n) is 1.52. The van der Waals surface area contributed by atoms with Crippen LogP contribution in [0.5, 0.6) is 0 Å². The van der Waals surface area contributed by atoms with Crippen molar-refractivity contribution in [1.82, 2.24) is 0 Å². The maximum atomic E-state index is 6.25. The van der Waals surface area contributed by atoms with Gasteiger partial charge in [0.2, 0.25) is 0 Å².